The third kappa shape index (κ3) is 3.09. The molecule has 1 aromatic carbocycles. The molecule has 0 saturated carbocycles. The van der Waals surface area contributed by atoms with E-state index in [9.17, 15) is 5.11 Å². The van der Waals surface area contributed by atoms with Gasteiger partial charge in [-0.3, -0.25) is 0 Å². The zero-order valence-corrected chi connectivity index (χ0v) is 13.7. The molecule has 0 aliphatic carbocycles. The Hall–Kier alpha value is -1.76. The molecule has 128 valence electrons. The number of rotatable bonds is 3. The summed E-state index contributed by atoms with van der Waals surface area (Å²) in [6, 6.07) is 10.0. The van der Waals surface area contributed by atoms with Gasteiger partial charge in [0.15, 0.2) is 12.0 Å². The van der Waals surface area contributed by atoms with Crippen molar-refractivity contribution in [3.63, 3.8) is 0 Å². The van der Waals surface area contributed by atoms with Crippen LogP contribution in [0.3, 0.4) is 0 Å². The molecule has 3 heterocycles. The molecule has 1 aromatic heterocycles. The third-order valence-corrected chi connectivity index (χ3v) is 4.90. The fourth-order valence-corrected chi connectivity index (χ4v) is 3.68. The standard InChI is InChI=1S/C18H23N3O3/c22-13-15-8-4-10-18(23-15)11-5-9-17(24-18)21-12-16(19-20-21)14-6-2-1-3-7-14/h1-3,6-7,12,15,17,22H,4-5,8-11,13H2/t15-,17-,18?/m1/s1. The topological polar surface area (TPSA) is 69.4 Å². The first-order valence-electron chi connectivity index (χ1n) is 8.72. The van der Waals surface area contributed by atoms with Crippen molar-refractivity contribution >= 4 is 0 Å². The monoisotopic (exact) mass is 329 g/mol. The molecule has 3 atom stereocenters. The second-order valence-electron chi connectivity index (χ2n) is 6.64. The molecule has 2 aromatic rings. The smallest absolute Gasteiger partial charge is 0.171 e. The summed E-state index contributed by atoms with van der Waals surface area (Å²) in [6.45, 7) is 0.0528. The number of nitrogens with zero attached hydrogens (tertiary/aromatic N) is 3. The highest BCUT2D eigenvalue weighted by molar-refractivity contribution is 5.57. The van der Waals surface area contributed by atoms with Gasteiger partial charge in [-0.1, -0.05) is 35.5 Å². The van der Waals surface area contributed by atoms with E-state index in [2.05, 4.69) is 10.3 Å². The largest absolute Gasteiger partial charge is 0.394 e. The van der Waals surface area contributed by atoms with Gasteiger partial charge in [-0.15, -0.1) is 5.10 Å². The second kappa shape index (κ2) is 6.63. The summed E-state index contributed by atoms with van der Waals surface area (Å²) in [7, 11) is 0. The average Bonchev–Trinajstić information content (AvgIpc) is 3.13. The molecule has 0 amide bonds. The molecule has 2 fully saturated rings. The average molecular weight is 329 g/mol. The van der Waals surface area contributed by atoms with E-state index in [1.54, 1.807) is 4.68 Å². The van der Waals surface area contributed by atoms with E-state index < -0.39 is 5.79 Å². The van der Waals surface area contributed by atoms with Crippen LogP contribution in [-0.4, -0.2) is 38.6 Å². The lowest BCUT2D eigenvalue weighted by Crippen LogP contribution is -2.47. The van der Waals surface area contributed by atoms with E-state index in [1.165, 1.54) is 0 Å². The first kappa shape index (κ1) is 15.7. The number of aliphatic hydroxyl groups is 1. The molecule has 1 N–H and O–H groups in total. The summed E-state index contributed by atoms with van der Waals surface area (Å²) in [5.74, 6) is -0.576. The van der Waals surface area contributed by atoms with Gasteiger partial charge in [0.05, 0.1) is 18.9 Å². The van der Waals surface area contributed by atoms with Crippen LogP contribution in [0, 0.1) is 0 Å². The maximum absolute atomic E-state index is 9.41. The maximum atomic E-state index is 9.41. The van der Waals surface area contributed by atoms with Crippen LogP contribution in [0.5, 0.6) is 0 Å². The number of ether oxygens (including phenoxy) is 2. The van der Waals surface area contributed by atoms with E-state index in [-0.39, 0.29) is 18.9 Å². The first-order valence-corrected chi connectivity index (χ1v) is 8.72. The van der Waals surface area contributed by atoms with Crippen molar-refractivity contribution in [1.29, 1.82) is 0 Å². The van der Waals surface area contributed by atoms with Gasteiger partial charge in [0.25, 0.3) is 0 Å². The maximum Gasteiger partial charge on any atom is 0.171 e. The van der Waals surface area contributed by atoms with Crippen LogP contribution in [0.25, 0.3) is 11.3 Å². The molecule has 4 rings (SSSR count). The Morgan fingerprint density at radius 3 is 2.71 bits per heavy atom. The summed E-state index contributed by atoms with van der Waals surface area (Å²) in [5.41, 5.74) is 1.89. The fourth-order valence-electron chi connectivity index (χ4n) is 3.68. The van der Waals surface area contributed by atoms with Gasteiger partial charge in [0, 0.05) is 18.4 Å². The molecule has 2 aliphatic heterocycles. The Labute approximate surface area is 141 Å². The zero-order chi connectivity index (χ0) is 16.4. The molecular weight excluding hydrogens is 306 g/mol. The lowest BCUT2D eigenvalue weighted by atomic mass is 9.94. The van der Waals surface area contributed by atoms with Crippen molar-refractivity contribution in [1.82, 2.24) is 15.0 Å². The highest BCUT2D eigenvalue weighted by Gasteiger charge is 2.43. The summed E-state index contributed by atoms with van der Waals surface area (Å²) in [5, 5.41) is 18.0. The molecule has 0 radical (unpaired) electrons. The van der Waals surface area contributed by atoms with Crippen molar-refractivity contribution in [3.8, 4) is 11.3 Å². The minimum Gasteiger partial charge on any atom is -0.394 e. The van der Waals surface area contributed by atoms with Crippen LogP contribution in [0.15, 0.2) is 36.5 Å². The highest BCUT2D eigenvalue weighted by Crippen LogP contribution is 2.42. The SMILES string of the molecule is OC[C@H]1CCCC2(CCC[C@H](n3cc(-c4ccccc4)nn3)O2)O1. The molecule has 2 aliphatic rings. The summed E-state index contributed by atoms with van der Waals surface area (Å²) in [6.07, 6.45) is 7.23. The van der Waals surface area contributed by atoms with Crippen molar-refractivity contribution in [2.45, 2.75) is 56.6 Å². The Bertz CT molecular complexity index is 671. The predicted octanol–water partition coefficient (Wildman–Crippen LogP) is 2.90. The van der Waals surface area contributed by atoms with E-state index in [0.29, 0.717) is 0 Å². The number of hydrogen-bond donors (Lipinski definition) is 1. The lowest BCUT2D eigenvalue weighted by molar-refractivity contribution is -0.332. The number of aliphatic hydroxyl groups excluding tert-OH is 1. The van der Waals surface area contributed by atoms with Crippen LogP contribution in [0.1, 0.15) is 44.8 Å². The number of hydrogen-bond acceptors (Lipinski definition) is 5. The van der Waals surface area contributed by atoms with Gasteiger partial charge < -0.3 is 14.6 Å². The second-order valence-corrected chi connectivity index (χ2v) is 6.64. The Morgan fingerprint density at radius 2 is 1.92 bits per heavy atom. The van der Waals surface area contributed by atoms with E-state index in [1.807, 2.05) is 36.5 Å². The minimum absolute atomic E-state index is 0.0528. The van der Waals surface area contributed by atoms with Crippen LogP contribution in [-0.2, 0) is 9.47 Å². The molecule has 2 saturated heterocycles. The number of benzene rings is 1. The summed E-state index contributed by atoms with van der Waals surface area (Å²) < 4.78 is 14.2. The van der Waals surface area contributed by atoms with Crippen molar-refractivity contribution < 1.29 is 14.6 Å². The summed E-state index contributed by atoms with van der Waals surface area (Å²) in [4.78, 5) is 0. The molecule has 1 spiro atoms. The Kier molecular flexibility index (Phi) is 4.35. The summed E-state index contributed by atoms with van der Waals surface area (Å²) >= 11 is 0. The van der Waals surface area contributed by atoms with Gasteiger partial charge in [0.1, 0.15) is 5.69 Å². The lowest BCUT2D eigenvalue weighted by Gasteiger charge is -2.45. The molecule has 0 bridgehead atoms. The van der Waals surface area contributed by atoms with Gasteiger partial charge in [0.2, 0.25) is 0 Å². The van der Waals surface area contributed by atoms with Crippen molar-refractivity contribution in [2.75, 3.05) is 6.61 Å². The minimum atomic E-state index is -0.576. The van der Waals surface area contributed by atoms with E-state index in [4.69, 9.17) is 9.47 Å². The Balaban J connectivity index is 1.51. The first-order chi connectivity index (χ1) is 11.8. The normalized spacial score (nSPS) is 30.5. The quantitative estimate of drug-likeness (QED) is 0.937. The van der Waals surface area contributed by atoms with Gasteiger partial charge >= 0.3 is 0 Å². The Morgan fingerprint density at radius 1 is 1.12 bits per heavy atom. The van der Waals surface area contributed by atoms with Crippen LogP contribution in [0.4, 0.5) is 0 Å². The zero-order valence-electron chi connectivity index (χ0n) is 13.7. The van der Waals surface area contributed by atoms with Crippen molar-refractivity contribution in [2.24, 2.45) is 0 Å². The number of aromatic nitrogens is 3. The van der Waals surface area contributed by atoms with E-state index in [0.717, 1.165) is 49.8 Å². The fraction of sp³-hybridized carbons (Fsp3) is 0.556. The van der Waals surface area contributed by atoms with Gasteiger partial charge in [-0.25, -0.2) is 4.68 Å². The molecule has 6 heteroatoms. The van der Waals surface area contributed by atoms with Crippen LogP contribution < -0.4 is 0 Å². The molecule has 1 unspecified atom stereocenters. The highest BCUT2D eigenvalue weighted by atomic mass is 16.7. The van der Waals surface area contributed by atoms with Crippen molar-refractivity contribution in [3.05, 3.63) is 36.5 Å². The van der Waals surface area contributed by atoms with Crippen LogP contribution in [0.2, 0.25) is 0 Å². The molecule has 24 heavy (non-hydrogen) atoms. The van der Waals surface area contributed by atoms with E-state index >= 15 is 0 Å². The van der Waals surface area contributed by atoms with Gasteiger partial charge in [-0.2, -0.15) is 0 Å². The van der Waals surface area contributed by atoms with Crippen LogP contribution >= 0.6 is 0 Å². The third-order valence-electron chi connectivity index (χ3n) is 4.90. The molecular formula is C18H23N3O3. The van der Waals surface area contributed by atoms with Gasteiger partial charge in [-0.05, 0) is 25.7 Å². The molecule has 6 nitrogen and oxygen atoms in total. The predicted molar refractivity (Wildman–Crippen MR) is 88.0 cm³/mol.